The molecular formula is H6AlPS3. The second kappa shape index (κ2) is 37.3. The monoisotopic (exact) mass is 160 g/mol. The van der Waals surface area contributed by atoms with Crippen molar-refractivity contribution in [2.45, 2.75) is 0 Å². The first-order chi connectivity index (χ1) is 0. The van der Waals surface area contributed by atoms with E-state index < -0.39 is 0 Å². The van der Waals surface area contributed by atoms with Gasteiger partial charge < -0.3 is 27.0 Å². The summed E-state index contributed by atoms with van der Waals surface area (Å²) in [6, 6.07) is 0. The molecule has 0 aliphatic rings. The van der Waals surface area contributed by atoms with E-state index in [-0.39, 0.29) is 67.7 Å². The Labute approximate surface area is 67.6 Å². The first kappa shape index (κ1) is 62.6. The Morgan fingerprint density at radius 1 is 1.00 bits per heavy atom. The van der Waals surface area contributed by atoms with Crippen LogP contribution in [0.2, 0.25) is 0 Å². The van der Waals surface area contributed by atoms with Crippen LogP contribution in [-0.4, -0.2) is 17.4 Å². The zero-order valence-corrected chi connectivity index (χ0v) is 7.92. The van der Waals surface area contributed by atoms with Crippen LogP contribution >= 0.6 is 23.4 Å². The number of hydrogen-bond donors (Lipinski definition) is 0. The van der Waals surface area contributed by atoms with Crippen molar-refractivity contribution in [3.8, 4) is 0 Å². The van der Waals surface area contributed by atoms with Crippen molar-refractivity contribution in [3.63, 3.8) is 0 Å². The normalized spacial score (nSPS) is 0. The van der Waals surface area contributed by atoms with Crippen molar-refractivity contribution >= 4 is 67.7 Å². The molecule has 5 heteroatoms. The Morgan fingerprint density at radius 2 is 1.00 bits per heavy atom. The fourth-order valence-corrected chi connectivity index (χ4v) is 0. The van der Waals surface area contributed by atoms with Crippen LogP contribution in [-0.2, 0) is 27.0 Å². The van der Waals surface area contributed by atoms with Crippen molar-refractivity contribution in [1.82, 2.24) is 0 Å². The van der Waals surface area contributed by atoms with Gasteiger partial charge in [-0.05, 0) is 0 Å². The third-order valence-electron chi connectivity index (χ3n) is 0. The molecule has 0 aromatic rings. The van der Waals surface area contributed by atoms with Gasteiger partial charge in [0.2, 0.25) is 0 Å². The Morgan fingerprint density at radius 3 is 1.00 bits per heavy atom. The average molecular weight is 160 g/mol. The second-order valence-electron chi connectivity index (χ2n) is 0. The van der Waals surface area contributed by atoms with E-state index in [0.29, 0.717) is 0 Å². The van der Waals surface area contributed by atoms with Crippen molar-refractivity contribution in [2.75, 3.05) is 0 Å². The molecule has 0 N–H and O–H groups in total. The molecule has 0 radical (unpaired) electrons. The van der Waals surface area contributed by atoms with E-state index in [0.717, 1.165) is 0 Å². The van der Waals surface area contributed by atoms with Crippen LogP contribution in [0.5, 0.6) is 0 Å². The van der Waals surface area contributed by atoms with Gasteiger partial charge in [0.25, 0.3) is 0 Å². The van der Waals surface area contributed by atoms with Gasteiger partial charge in [-0.2, -0.15) is 23.4 Å². The van der Waals surface area contributed by atoms with Crippen molar-refractivity contribution in [1.29, 1.82) is 0 Å². The van der Waals surface area contributed by atoms with Gasteiger partial charge in [0.15, 0.2) is 0 Å². The molecule has 0 nitrogen and oxygen atoms in total. The van der Waals surface area contributed by atoms with Crippen LogP contribution in [0, 0.1) is 0 Å². The summed E-state index contributed by atoms with van der Waals surface area (Å²) >= 11 is 0. The molecule has 32 valence electrons. The zero-order valence-electron chi connectivity index (χ0n) is 2.64. The predicted octanol–water partition coefficient (Wildman–Crippen LogP) is -0.482. The van der Waals surface area contributed by atoms with E-state index in [2.05, 4.69) is 0 Å². The molecule has 0 heterocycles. The molecular weight excluding hydrogens is 154 g/mol. The van der Waals surface area contributed by atoms with E-state index in [4.69, 9.17) is 0 Å². The Kier molecular flexibility index (Phi) is 467. The topological polar surface area (TPSA) is 0 Å². The average Bonchev–Trinajstić information content (AvgIpc) is 0. The van der Waals surface area contributed by atoms with E-state index in [1.807, 2.05) is 0 Å². The largest absolute Gasteiger partial charge is 3.00 e. The Bertz CT molecular complexity index is 6.85. The van der Waals surface area contributed by atoms with Crippen molar-refractivity contribution in [3.05, 3.63) is 0 Å². The molecule has 0 saturated heterocycles. The first-order valence-electron chi connectivity index (χ1n) is 0. The zero-order chi connectivity index (χ0) is 0. The maximum atomic E-state index is 0. The third-order valence-corrected chi connectivity index (χ3v) is 0. The molecule has 0 fully saturated rings. The van der Waals surface area contributed by atoms with Crippen molar-refractivity contribution in [2.24, 2.45) is 0 Å². The summed E-state index contributed by atoms with van der Waals surface area (Å²) in [4.78, 5) is 0. The summed E-state index contributed by atoms with van der Waals surface area (Å²) < 4.78 is 0. The minimum atomic E-state index is 0. The fraction of sp³-hybridized carbons (Fsp3) is 0. The summed E-state index contributed by atoms with van der Waals surface area (Å²) in [5.74, 6) is 0. The number of rotatable bonds is 0. The van der Waals surface area contributed by atoms with Gasteiger partial charge in [-0.25, -0.2) is 0 Å². The van der Waals surface area contributed by atoms with Crippen LogP contribution < -0.4 is 0 Å². The molecule has 1 unspecified atom stereocenters. The predicted molar refractivity (Wildman–Crippen MR) is 43.4 cm³/mol. The van der Waals surface area contributed by atoms with Crippen LogP contribution in [0.15, 0.2) is 0 Å². The van der Waals surface area contributed by atoms with E-state index in [9.17, 15) is 0 Å². The SMILES string of the molecule is P.S.[Al+3].[S-2].[SH-]. The smallest absolute Gasteiger partial charge is 2.00 e. The summed E-state index contributed by atoms with van der Waals surface area (Å²) in [6.07, 6.45) is 0. The standard InChI is InChI=1S/Al.H3P.2H2S.S/h;1H3;2*1H2;/q+3;;;;-2/p-1. The molecule has 0 aliphatic heterocycles. The molecule has 0 spiro atoms. The minimum absolute atomic E-state index is 0. The molecule has 5 heavy (non-hydrogen) atoms. The molecule has 0 bridgehead atoms. The summed E-state index contributed by atoms with van der Waals surface area (Å²) in [7, 11) is 0. The van der Waals surface area contributed by atoms with Crippen molar-refractivity contribution < 1.29 is 0 Å². The van der Waals surface area contributed by atoms with Crippen LogP contribution in [0.4, 0.5) is 0 Å². The third kappa shape index (κ3) is 23.9. The van der Waals surface area contributed by atoms with Gasteiger partial charge >= 0.3 is 17.4 Å². The number of hydrogen-bond acceptors (Lipinski definition) is 1. The quantitative estimate of drug-likeness (QED) is 0.199. The molecule has 0 aromatic carbocycles. The van der Waals surface area contributed by atoms with Crippen LogP contribution in [0.3, 0.4) is 0 Å². The maximum Gasteiger partial charge on any atom is 3.00 e. The minimum Gasteiger partial charge on any atom is -2.00 e. The van der Waals surface area contributed by atoms with Gasteiger partial charge in [0, 0.05) is 0 Å². The molecule has 0 rings (SSSR count). The van der Waals surface area contributed by atoms with E-state index >= 15 is 0 Å². The Balaban J connectivity index is 0. The number of thiol groups is 1. The first-order valence-corrected chi connectivity index (χ1v) is 0. The Hall–Kier alpha value is 2.01. The van der Waals surface area contributed by atoms with Gasteiger partial charge in [-0.1, -0.05) is 0 Å². The summed E-state index contributed by atoms with van der Waals surface area (Å²) in [5.41, 5.74) is 0. The second-order valence-corrected chi connectivity index (χ2v) is 0. The van der Waals surface area contributed by atoms with E-state index in [1.54, 1.807) is 0 Å². The fourth-order valence-electron chi connectivity index (χ4n) is 0. The van der Waals surface area contributed by atoms with Gasteiger partial charge in [0.05, 0.1) is 0 Å². The van der Waals surface area contributed by atoms with Crippen LogP contribution in [0.25, 0.3) is 0 Å². The molecule has 0 aliphatic carbocycles. The molecule has 0 amide bonds. The maximum absolute atomic E-state index is 0. The van der Waals surface area contributed by atoms with Gasteiger partial charge in [0.1, 0.15) is 0 Å². The molecule has 0 saturated carbocycles. The molecule has 0 aromatic heterocycles. The molecule has 1 atom stereocenters. The van der Waals surface area contributed by atoms with Crippen LogP contribution in [0.1, 0.15) is 0 Å². The summed E-state index contributed by atoms with van der Waals surface area (Å²) in [5, 5.41) is 0. The summed E-state index contributed by atoms with van der Waals surface area (Å²) in [6.45, 7) is 0. The van der Waals surface area contributed by atoms with Gasteiger partial charge in [-0.15, -0.1) is 0 Å². The van der Waals surface area contributed by atoms with E-state index in [1.165, 1.54) is 0 Å². The van der Waals surface area contributed by atoms with Gasteiger partial charge in [-0.3, -0.25) is 0 Å².